The van der Waals surface area contributed by atoms with Gasteiger partial charge in [-0.1, -0.05) is 6.08 Å². The van der Waals surface area contributed by atoms with Crippen molar-refractivity contribution in [3.05, 3.63) is 36.2 Å². The Morgan fingerprint density at radius 2 is 2.13 bits per heavy atom. The van der Waals surface area contributed by atoms with Crippen LogP contribution in [0.5, 0.6) is 0 Å². The average Bonchev–Trinajstić information content (AvgIpc) is 2.30. The smallest absolute Gasteiger partial charge is 0.306 e. The van der Waals surface area contributed by atoms with E-state index in [1.54, 1.807) is 12.4 Å². The van der Waals surface area contributed by atoms with E-state index in [0.29, 0.717) is 6.42 Å². The van der Waals surface area contributed by atoms with Gasteiger partial charge in [-0.05, 0) is 42.5 Å². The number of carboxylic acid groups (broad SMARTS) is 1. The number of hydrogen-bond acceptors (Lipinski definition) is 2. The van der Waals surface area contributed by atoms with Crippen LogP contribution in [0.2, 0.25) is 0 Å². The molecule has 3 heteroatoms. The number of carbonyl (C=O) groups is 1. The summed E-state index contributed by atoms with van der Waals surface area (Å²) in [6.07, 6.45) is 7.80. The summed E-state index contributed by atoms with van der Waals surface area (Å²) < 4.78 is 0. The number of aromatic nitrogens is 1. The van der Waals surface area contributed by atoms with Gasteiger partial charge in [-0.2, -0.15) is 0 Å². The van der Waals surface area contributed by atoms with Gasteiger partial charge in [-0.3, -0.25) is 9.78 Å². The summed E-state index contributed by atoms with van der Waals surface area (Å²) in [5, 5.41) is 8.86. The average molecular weight is 203 g/mol. The van der Waals surface area contributed by atoms with Crippen molar-refractivity contribution in [3.8, 4) is 0 Å². The van der Waals surface area contributed by atoms with Crippen LogP contribution in [0, 0.1) is 5.92 Å². The molecule has 0 spiro atoms. The molecule has 0 saturated carbocycles. The molecule has 0 fully saturated rings. The molecule has 1 N–H and O–H groups in total. The van der Waals surface area contributed by atoms with Crippen LogP contribution >= 0.6 is 0 Å². The highest BCUT2D eigenvalue weighted by Gasteiger charge is 2.20. The largest absolute Gasteiger partial charge is 0.481 e. The molecule has 0 radical (unpaired) electrons. The Morgan fingerprint density at radius 3 is 2.67 bits per heavy atom. The lowest BCUT2D eigenvalue weighted by molar-refractivity contribution is -0.141. The first-order chi connectivity index (χ1) is 7.27. The Balaban J connectivity index is 2.12. The zero-order valence-corrected chi connectivity index (χ0v) is 8.39. The third-order valence-corrected chi connectivity index (χ3v) is 2.81. The number of rotatable bonds is 2. The van der Waals surface area contributed by atoms with E-state index in [2.05, 4.69) is 4.98 Å². The SMILES string of the molecule is O=C(O)C1CC=C(c2ccncc2)CC1. The molecule has 1 atom stereocenters. The summed E-state index contributed by atoms with van der Waals surface area (Å²) in [4.78, 5) is 14.7. The van der Waals surface area contributed by atoms with E-state index in [1.165, 1.54) is 5.57 Å². The third kappa shape index (κ3) is 2.24. The van der Waals surface area contributed by atoms with Crippen LogP contribution in [0.1, 0.15) is 24.8 Å². The summed E-state index contributed by atoms with van der Waals surface area (Å²) in [6.45, 7) is 0. The summed E-state index contributed by atoms with van der Waals surface area (Å²) in [7, 11) is 0. The van der Waals surface area contributed by atoms with E-state index in [9.17, 15) is 4.79 Å². The standard InChI is InChI=1S/C12H13NO2/c14-12(15)11-3-1-9(2-4-11)10-5-7-13-8-6-10/h1,5-8,11H,2-4H2,(H,14,15). The molecule has 1 aliphatic rings. The molecule has 1 aromatic rings. The lowest BCUT2D eigenvalue weighted by Gasteiger charge is -2.18. The summed E-state index contributed by atoms with van der Waals surface area (Å²) in [6, 6.07) is 3.93. The van der Waals surface area contributed by atoms with Crippen molar-refractivity contribution in [3.63, 3.8) is 0 Å². The van der Waals surface area contributed by atoms with Gasteiger partial charge in [0, 0.05) is 12.4 Å². The Labute approximate surface area is 88.5 Å². The van der Waals surface area contributed by atoms with E-state index < -0.39 is 5.97 Å². The van der Waals surface area contributed by atoms with E-state index in [1.807, 2.05) is 18.2 Å². The minimum absolute atomic E-state index is 0.199. The van der Waals surface area contributed by atoms with Crippen molar-refractivity contribution in [2.45, 2.75) is 19.3 Å². The van der Waals surface area contributed by atoms with Gasteiger partial charge in [0.15, 0.2) is 0 Å². The summed E-state index contributed by atoms with van der Waals surface area (Å²) in [5.74, 6) is -0.879. The molecule has 1 unspecified atom stereocenters. The minimum Gasteiger partial charge on any atom is -0.481 e. The Morgan fingerprint density at radius 1 is 1.40 bits per heavy atom. The van der Waals surface area contributed by atoms with Crippen molar-refractivity contribution >= 4 is 11.5 Å². The van der Waals surface area contributed by atoms with Crippen molar-refractivity contribution in [2.24, 2.45) is 5.92 Å². The van der Waals surface area contributed by atoms with Crippen LogP contribution in [0.15, 0.2) is 30.6 Å². The molecule has 78 valence electrons. The first-order valence-corrected chi connectivity index (χ1v) is 5.09. The van der Waals surface area contributed by atoms with Crippen LogP contribution < -0.4 is 0 Å². The van der Waals surface area contributed by atoms with Gasteiger partial charge in [0.2, 0.25) is 0 Å². The highest BCUT2D eigenvalue weighted by Crippen LogP contribution is 2.29. The predicted molar refractivity (Wildman–Crippen MR) is 57.2 cm³/mol. The molecule has 0 bridgehead atoms. The fourth-order valence-electron chi connectivity index (χ4n) is 1.89. The summed E-state index contributed by atoms with van der Waals surface area (Å²) >= 11 is 0. The molecular weight excluding hydrogens is 190 g/mol. The Hall–Kier alpha value is -1.64. The Bertz CT molecular complexity index is 384. The molecule has 0 saturated heterocycles. The van der Waals surface area contributed by atoms with Crippen molar-refractivity contribution < 1.29 is 9.90 Å². The molecule has 15 heavy (non-hydrogen) atoms. The molecule has 3 nitrogen and oxygen atoms in total. The topological polar surface area (TPSA) is 50.2 Å². The molecule has 1 aromatic heterocycles. The fourth-order valence-corrected chi connectivity index (χ4v) is 1.89. The number of nitrogens with zero attached hydrogens (tertiary/aromatic N) is 1. The van der Waals surface area contributed by atoms with E-state index in [4.69, 9.17) is 5.11 Å². The minimum atomic E-state index is -0.681. The van der Waals surface area contributed by atoms with Gasteiger partial charge in [0.1, 0.15) is 0 Å². The second kappa shape index (κ2) is 4.26. The van der Waals surface area contributed by atoms with Gasteiger partial charge in [0.25, 0.3) is 0 Å². The van der Waals surface area contributed by atoms with Gasteiger partial charge >= 0.3 is 5.97 Å². The maximum atomic E-state index is 10.8. The molecule has 0 aliphatic heterocycles. The quantitative estimate of drug-likeness (QED) is 0.802. The Kier molecular flexibility index (Phi) is 2.81. The van der Waals surface area contributed by atoms with Gasteiger partial charge in [-0.15, -0.1) is 0 Å². The van der Waals surface area contributed by atoms with Crippen molar-refractivity contribution in [2.75, 3.05) is 0 Å². The van der Waals surface area contributed by atoms with E-state index >= 15 is 0 Å². The van der Waals surface area contributed by atoms with Crippen LogP contribution in [-0.4, -0.2) is 16.1 Å². The zero-order chi connectivity index (χ0) is 10.7. The zero-order valence-electron chi connectivity index (χ0n) is 8.39. The summed E-state index contributed by atoms with van der Waals surface area (Å²) in [5.41, 5.74) is 2.41. The van der Waals surface area contributed by atoms with E-state index in [0.717, 1.165) is 18.4 Å². The first kappa shape index (κ1) is 9.90. The highest BCUT2D eigenvalue weighted by atomic mass is 16.4. The van der Waals surface area contributed by atoms with Crippen molar-refractivity contribution in [1.29, 1.82) is 0 Å². The number of hydrogen-bond donors (Lipinski definition) is 1. The van der Waals surface area contributed by atoms with Crippen LogP contribution in [0.4, 0.5) is 0 Å². The van der Waals surface area contributed by atoms with Gasteiger partial charge in [0.05, 0.1) is 5.92 Å². The third-order valence-electron chi connectivity index (χ3n) is 2.81. The lowest BCUT2D eigenvalue weighted by Crippen LogP contribution is -2.15. The molecule has 2 rings (SSSR count). The second-order valence-corrected chi connectivity index (χ2v) is 3.77. The fraction of sp³-hybridized carbons (Fsp3) is 0.333. The number of carboxylic acids is 1. The van der Waals surface area contributed by atoms with Crippen molar-refractivity contribution in [1.82, 2.24) is 4.98 Å². The molecule has 0 aromatic carbocycles. The van der Waals surface area contributed by atoms with E-state index in [-0.39, 0.29) is 5.92 Å². The van der Waals surface area contributed by atoms with Crippen LogP contribution in [0.3, 0.4) is 0 Å². The molecule has 1 aliphatic carbocycles. The predicted octanol–water partition coefficient (Wildman–Crippen LogP) is 2.35. The number of aliphatic carboxylic acids is 1. The lowest BCUT2D eigenvalue weighted by atomic mass is 9.87. The monoisotopic (exact) mass is 203 g/mol. The number of pyridine rings is 1. The molecule has 1 heterocycles. The number of allylic oxidation sites excluding steroid dienone is 2. The first-order valence-electron chi connectivity index (χ1n) is 5.09. The second-order valence-electron chi connectivity index (χ2n) is 3.77. The van der Waals surface area contributed by atoms with Gasteiger partial charge < -0.3 is 5.11 Å². The van der Waals surface area contributed by atoms with Crippen LogP contribution in [0.25, 0.3) is 5.57 Å². The maximum Gasteiger partial charge on any atom is 0.306 e. The van der Waals surface area contributed by atoms with Crippen LogP contribution in [-0.2, 0) is 4.79 Å². The normalized spacial score (nSPS) is 20.8. The maximum absolute atomic E-state index is 10.8. The highest BCUT2D eigenvalue weighted by molar-refractivity contribution is 5.73. The van der Waals surface area contributed by atoms with Gasteiger partial charge in [-0.25, -0.2) is 0 Å². The molecular formula is C12H13NO2. The molecule has 0 amide bonds.